The fraction of sp³-hybridized carbons (Fsp3) is 0.192. The number of benzene rings is 2. The Labute approximate surface area is 209 Å². The van der Waals surface area contributed by atoms with Crippen LogP contribution < -0.4 is 20.2 Å². The number of terminal acetylenes is 1. The maximum atomic E-state index is 11.3. The average Bonchev–Trinajstić information content (AvgIpc) is 2.86. The molecule has 4 aromatic rings. The van der Waals surface area contributed by atoms with Crippen LogP contribution in [0.25, 0.3) is 10.9 Å². The fourth-order valence-corrected chi connectivity index (χ4v) is 3.30. The Morgan fingerprint density at radius 2 is 1.77 bits per heavy atom. The first-order chi connectivity index (χ1) is 16.7. The minimum Gasteiger partial charge on any atom is -0.488 e. The summed E-state index contributed by atoms with van der Waals surface area (Å²) >= 11 is 0. The molecule has 0 aliphatic carbocycles. The van der Waals surface area contributed by atoms with Gasteiger partial charge in [-0.3, -0.25) is 4.79 Å². The molecule has 0 aliphatic heterocycles. The molecule has 180 valence electrons. The number of aromatic nitrogens is 3. The molecule has 0 amide bonds. The van der Waals surface area contributed by atoms with E-state index >= 15 is 0 Å². The van der Waals surface area contributed by atoms with Crippen molar-refractivity contribution in [3.05, 3.63) is 83.0 Å². The average molecular weight is 493 g/mol. The Morgan fingerprint density at radius 1 is 1.00 bits per heavy atom. The molecule has 35 heavy (non-hydrogen) atoms. The molecule has 0 spiro atoms. The van der Waals surface area contributed by atoms with Crippen molar-refractivity contribution in [2.24, 2.45) is 0 Å². The zero-order chi connectivity index (χ0) is 23.8. The SMILES string of the molecule is C#Cc1cccc(Nc2ncnc3cc(OCCOC)c(OCCn4ccc(=O)cc4)cc23)c1.Cl. The number of pyridine rings is 1. The van der Waals surface area contributed by atoms with E-state index in [1.165, 1.54) is 18.5 Å². The number of halogens is 1. The normalized spacial score (nSPS) is 10.3. The summed E-state index contributed by atoms with van der Waals surface area (Å²) < 4.78 is 18.9. The van der Waals surface area contributed by atoms with Crippen LogP contribution in [0.15, 0.2) is 72.0 Å². The minimum atomic E-state index is -0.0339. The van der Waals surface area contributed by atoms with Crippen molar-refractivity contribution in [3.63, 3.8) is 0 Å². The first-order valence-corrected chi connectivity index (χ1v) is 10.7. The minimum absolute atomic E-state index is 0. The predicted molar refractivity (Wildman–Crippen MR) is 138 cm³/mol. The zero-order valence-electron chi connectivity index (χ0n) is 19.1. The topological polar surface area (TPSA) is 87.5 Å². The zero-order valence-corrected chi connectivity index (χ0v) is 20.0. The number of anilines is 2. The van der Waals surface area contributed by atoms with Crippen molar-refractivity contribution >= 4 is 34.8 Å². The highest BCUT2D eigenvalue weighted by molar-refractivity contribution is 5.93. The molecule has 1 N–H and O–H groups in total. The van der Waals surface area contributed by atoms with Crippen LogP contribution in [0.2, 0.25) is 0 Å². The van der Waals surface area contributed by atoms with Gasteiger partial charge in [-0.2, -0.15) is 0 Å². The second-order valence-corrected chi connectivity index (χ2v) is 7.35. The van der Waals surface area contributed by atoms with Crippen LogP contribution in [0.4, 0.5) is 11.5 Å². The molecule has 0 radical (unpaired) electrons. The van der Waals surface area contributed by atoms with Crippen LogP contribution in [0.5, 0.6) is 11.5 Å². The lowest BCUT2D eigenvalue weighted by Gasteiger charge is -2.16. The molecule has 8 nitrogen and oxygen atoms in total. The molecule has 2 heterocycles. The standard InChI is InChI=1S/C26H24N4O4.ClH/c1-3-19-5-4-6-20(15-19)29-26-22-16-24(33-12-11-30-9-7-21(31)8-10-30)25(34-14-13-32-2)17-23(22)27-18-28-26;/h1,4-10,15-18H,11-14H2,2H3,(H,27,28,29);1H. The summed E-state index contributed by atoms with van der Waals surface area (Å²) in [5.74, 6) is 4.36. The van der Waals surface area contributed by atoms with Crippen molar-refractivity contribution in [2.45, 2.75) is 6.54 Å². The molecule has 0 saturated carbocycles. The third kappa shape index (κ3) is 6.73. The summed E-state index contributed by atoms with van der Waals surface area (Å²) in [6.07, 6.45) is 10.5. The second-order valence-electron chi connectivity index (χ2n) is 7.35. The van der Waals surface area contributed by atoms with Crippen LogP contribution in [-0.2, 0) is 11.3 Å². The van der Waals surface area contributed by atoms with Crippen molar-refractivity contribution in [1.29, 1.82) is 0 Å². The van der Waals surface area contributed by atoms with Crippen LogP contribution >= 0.6 is 12.4 Å². The van der Waals surface area contributed by atoms with Gasteiger partial charge in [-0.1, -0.05) is 12.0 Å². The van der Waals surface area contributed by atoms with E-state index in [2.05, 4.69) is 21.2 Å². The van der Waals surface area contributed by atoms with E-state index in [9.17, 15) is 4.79 Å². The number of ether oxygens (including phenoxy) is 3. The molecule has 2 aromatic carbocycles. The molecule has 2 aromatic heterocycles. The van der Waals surface area contributed by atoms with E-state index < -0.39 is 0 Å². The van der Waals surface area contributed by atoms with Crippen molar-refractivity contribution in [2.75, 3.05) is 32.2 Å². The molecule has 0 aliphatic rings. The lowest BCUT2D eigenvalue weighted by Crippen LogP contribution is -2.11. The van der Waals surface area contributed by atoms with Crippen LogP contribution in [-0.4, -0.2) is 41.5 Å². The molecule has 4 rings (SSSR count). The van der Waals surface area contributed by atoms with Crippen LogP contribution in [0.3, 0.4) is 0 Å². The van der Waals surface area contributed by atoms with E-state index in [0.29, 0.717) is 49.2 Å². The Balaban J connectivity index is 0.00000342. The Hall–Kier alpha value is -4.06. The van der Waals surface area contributed by atoms with Gasteiger partial charge < -0.3 is 24.1 Å². The quantitative estimate of drug-likeness (QED) is 0.264. The van der Waals surface area contributed by atoms with Crippen LogP contribution in [0, 0.1) is 12.3 Å². The lowest BCUT2D eigenvalue weighted by atomic mass is 10.2. The van der Waals surface area contributed by atoms with E-state index in [1.807, 2.05) is 41.0 Å². The van der Waals surface area contributed by atoms with E-state index in [-0.39, 0.29) is 17.8 Å². The molecule has 9 heteroatoms. The molecular weight excluding hydrogens is 468 g/mol. The molecule has 0 unspecified atom stereocenters. The van der Waals surface area contributed by atoms with Gasteiger partial charge in [0.2, 0.25) is 0 Å². The summed E-state index contributed by atoms with van der Waals surface area (Å²) in [6.45, 7) is 1.74. The maximum absolute atomic E-state index is 11.3. The fourth-order valence-electron chi connectivity index (χ4n) is 3.30. The first kappa shape index (κ1) is 25.6. The smallest absolute Gasteiger partial charge is 0.181 e. The van der Waals surface area contributed by atoms with Gasteiger partial charge in [0.15, 0.2) is 16.9 Å². The number of fused-ring (bicyclic) bond motifs is 1. The summed E-state index contributed by atoms with van der Waals surface area (Å²) in [6, 6.07) is 14.2. The second kappa shape index (κ2) is 12.4. The van der Waals surface area contributed by atoms with Gasteiger partial charge in [0.05, 0.1) is 18.7 Å². The van der Waals surface area contributed by atoms with Gasteiger partial charge >= 0.3 is 0 Å². The predicted octanol–water partition coefficient (Wildman–Crippen LogP) is 4.04. The highest BCUT2D eigenvalue weighted by Crippen LogP contribution is 2.35. The lowest BCUT2D eigenvalue weighted by molar-refractivity contribution is 0.143. The van der Waals surface area contributed by atoms with E-state index in [1.54, 1.807) is 19.5 Å². The van der Waals surface area contributed by atoms with Gasteiger partial charge in [0.1, 0.15) is 25.4 Å². The molecule has 0 bridgehead atoms. The van der Waals surface area contributed by atoms with E-state index in [4.69, 9.17) is 20.6 Å². The Bertz CT molecular complexity index is 1360. The van der Waals surface area contributed by atoms with Gasteiger partial charge in [0, 0.05) is 54.3 Å². The number of nitrogens with one attached hydrogen (secondary N) is 1. The van der Waals surface area contributed by atoms with Crippen molar-refractivity contribution < 1.29 is 14.2 Å². The summed E-state index contributed by atoms with van der Waals surface area (Å²) in [7, 11) is 1.62. The molecular formula is C26H25ClN4O4. The summed E-state index contributed by atoms with van der Waals surface area (Å²) in [5, 5.41) is 4.08. The van der Waals surface area contributed by atoms with Crippen molar-refractivity contribution in [1.82, 2.24) is 14.5 Å². The number of hydrogen-bond acceptors (Lipinski definition) is 7. The number of nitrogens with zero attached hydrogens (tertiary/aromatic N) is 3. The monoisotopic (exact) mass is 492 g/mol. The summed E-state index contributed by atoms with van der Waals surface area (Å²) in [4.78, 5) is 20.1. The largest absolute Gasteiger partial charge is 0.488 e. The highest BCUT2D eigenvalue weighted by Gasteiger charge is 2.13. The molecule has 0 atom stereocenters. The Morgan fingerprint density at radius 3 is 2.54 bits per heavy atom. The van der Waals surface area contributed by atoms with Crippen LogP contribution in [0.1, 0.15) is 5.56 Å². The third-order valence-corrected chi connectivity index (χ3v) is 5.01. The third-order valence-electron chi connectivity index (χ3n) is 5.01. The van der Waals surface area contributed by atoms with Gasteiger partial charge in [-0.15, -0.1) is 18.8 Å². The van der Waals surface area contributed by atoms with Gasteiger partial charge in [-0.25, -0.2) is 9.97 Å². The van der Waals surface area contributed by atoms with Gasteiger partial charge in [0.25, 0.3) is 0 Å². The Kier molecular flexibility index (Phi) is 9.07. The number of methoxy groups -OCH3 is 1. The highest BCUT2D eigenvalue weighted by atomic mass is 35.5. The number of hydrogen-bond donors (Lipinski definition) is 1. The molecule has 0 saturated heterocycles. The maximum Gasteiger partial charge on any atom is 0.181 e. The van der Waals surface area contributed by atoms with Crippen molar-refractivity contribution in [3.8, 4) is 23.8 Å². The van der Waals surface area contributed by atoms with E-state index in [0.717, 1.165) is 16.6 Å². The first-order valence-electron chi connectivity index (χ1n) is 10.7. The summed E-state index contributed by atoms with van der Waals surface area (Å²) in [5.41, 5.74) is 2.25. The molecule has 0 fully saturated rings. The van der Waals surface area contributed by atoms with Gasteiger partial charge in [-0.05, 0) is 24.3 Å². The number of rotatable bonds is 10.